The quantitative estimate of drug-likeness (QED) is 0.876. The first-order valence-corrected chi connectivity index (χ1v) is 6.78. The Morgan fingerprint density at radius 3 is 3.05 bits per heavy atom. The Labute approximate surface area is 124 Å². The van der Waals surface area contributed by atoms with E-state index in [4.69, 9.17) is 0 Å². The van der Waals surface area contributed by atoms with Crippen molar-refractivity contribution in [3.8, 4) is 0 Å². The predicted octanol–water partition coefficient (Wildman–Crippen LogP) is 2.14. The van der Waals surface area contributed by atoms with Crippen LogP contribution in [0, 0.1) is 5.82 Å². The lowest BCUT2D eigenvalue weighted by Gasteiger charge is -2.06. The molecule has 1 aromatic carbocycles. The molecule has 0 aliphatic carbocycles. The molecule has 2 N–H and O–H groups in total. The average molecular weight is 341 g/mol. The van der Waals surface area contributed by atoms with Crippen LogP contribution in [-0.4, -0.2) is 22.7 Å². The molecule has 0 saturated heterocycles. The summed E-state index contributed by atoms with van der Waals surface area (Å²) in [5.74, 6) is -0.396. The molecule has 2 aromatic rings. The van der Waals surface area contributed by atoms with Crippen LogP contribution < -0.4 is 10.6 Å². The number of carbonyl (C=O) groups is 1. The van der Waals surface area contributed by atoms with Crippen molar-refractivity contribution in [2.75, 3.05) is 12.4 Å². The fourth-order valence-electron chi connectivity index (χ4n) is 1.64. The minimum absolute atomic E-state index is 0.118. The maximum absolute atomic E-state index is 13.1. The Bertz CT molecular complexity index is 614. The first-order valence-electron chi connectivity index (χ1n) is 5.99. The van der Waals surface area contributed by atoms with Crippen LogP contribution in [0.5, 0.6) is 0 Å². The van der Waals surface area contributed by atoms with Crippen molar-refractivity contribution in [3.05, 3.63) is 46.4 Å². The fourth-order valence-corrected chi connectivity index (χ4v) is 2.03. The van der Waals surface area contributed by atoms with E-state index in [1.807, 2.05) is 0 Å². The number of amides is 1. The molecule has 0 unspecified atom stereocenters. The van der Waals surface area contributed by atoms with Crippen molar-refractivity contribution in [2.24, 2.45) is 0 Å². The maximum Gasteiger partial charge on any atom is 0.241 e. The molecule has 5 nitrogen and oxygen atoms in total. The zero-order chi connectivity index (χ0) is 14.5. The summed E-state index contributed by atoms with van der Waals surface area (Å²) in [5, 5.41) is 9.72. The number of benzene rings is 1. The molecule has 1 amide bonds. The van der Waals surface area contributed by atoms with Gasteiger partial charge < -0.3 is 10.6 Å². The molecule has 106 valence electrons. The summed E-state index contributed by atoms with van der Waals surface area (Å²) in [5.41, 5.74) is 1.58. The summed E-state index contributed by atoms with van der Waals surface area (Å²) < 4.78 is 15.5. The number of rotatable bonds is 5. The Balaban J connectivity index is 1.97. The van der Waals surface area contributed by atoms with Gasteiger partial charge in [-0.25, -0.2) is 4.39 Å². The van der Waals surface area contributed by atoms with E-state index in [9.17, 15) is 9.18 Å². The van der Waals surface area contributed by atoms with Gasteiger partial charge in [0.1, 0.15) is 12.4 Å². The monoisotopic (exact) mass is 340 g/mol. The van der Waals surface area contributed by atoms with Crippen LogP contribution in [0.1, 0.15) is 5.56 Å². The molecule has 0 aliphatic heterocycles. The van der Waals surface area contributed by atoms with E-state index < -0.39 is 0 Å². The Hall–Kier alpha value is -1.89. The number of nitrogens with zero attached hydrogens (tertiary/aromatic N) is 2. The fraction of sp³-hybridized carbons (Fsp3) is 0.231. The van der Waals surface area contributed by atoms with Crippen LogP contribution in [0.3, 0.4) is 0 Å². The van der Waals surface area contributed by atoms with Crippen molar-refractivity contribution in [3.63, 3.8) is 0 Å². The van der Waals surface area contributed by atoms with Crippen LogP contribution >= 0.6 is 15.9 Å². The number of halogens is 2. The highest BCUT2D eigenvalue weighted by Gasteiger charge is 2.05. The SMILES string of the molecule is CNC(=O)Cn1cc(NCc2cc(F)ccc2Br)cn1. The van der Waals surface area contributed by atoms with Gasteiger partial charge >= 0.3 is 0 Å². The Morgan fingerprint density at radius 1 is 1.50 bits per heavy atom. The highest BCUT2D eigenvalue weighted by Crippen LogP contribution is 2.19. The topological polar surface area (TPSA) is 59.0 Å². The molecule has 0 atom stereocenters. The van der Waals surface area contributed by atoms with E-state index >= 15 is 0 Å². The zero-order valence-electron chi connectivity index (χ0n) is 10.9. The lowest BCUT2D eigenvalue weighted by molar-refractivity contribution is -0.121. The maximum atomic E-state index is 13.1. The molecule has 0 radical (unpaired) electrons. The summed E-state index contributed by atoms with van der Waals surface area (Å²) in [7, 11) is 1.58. The molecular weight excluding hydrogens is 327 g/mol. The Morgan fingerprint density at radius 2 is 2.30 bits per heavy atom. The molecule has 0 bridgehead atoms. The van der Waals surface area contributed by atoms with Crippen LogP contribution in [0.25, 0.3) is 0 Å². The van der Waals surface area contributed by atoms with E-state index in [2.05, 4.69) is 31.7 Å². The standard InChI is InChI=1S/C13H14BrFN4O/c1-16-13(20)8-19-7-11(6-18-19)17-5-9-4-10(15)2-3-12(9)14/h2-4,6-7,17H,5,8H2,1H3,(H,16,20). The van der Waals surface area contributed by atoms with Gasteiger partial charge in [0, 0.05) is 24.3 Å². The highest BCUT2D eigenvalue weighted by molar-refractivity contribution is 9.10. The summed E-state index contributed by atoms with van der Waals surface area (Å²) in [6, 6.07) is 4.53. The van der Waals surface area contributed by atoms with Gasteiger partial charge in [-0.15, -0.1) is 0 Å². The van der Waals surface area contributed by atoms with E-state index in [1.165, 1.54) is 16.8 Å². The number of aromatic nitrogens is 2. The molecule has 0 spiro atoms. The molecule has 0 aliphatic rings. The minimum atomic E-state index is -0.277. The third-order valence-corrected chi connectivity index (χ3v) is 3.48. The van der Waals surface area contributed by atoms with Gasteiger partial charge in [0.05, 0.1) is 11.9 Å². The first kappa shape index (κ1) is 14.5. The van der Waals surface area contributed by atoms with Gasteiger partial charge in [-0.1, -0.05) is 15.9 Å². The van der Waals surface area contributed by atoms with Gasteiger partial charge in [-0.3, -0.25) is 9.48 Å². The third-order valence-electron chi connectivity index (χ3n) is 2.71. The molecule has 2 rings (SSSR count). The number of anilines is 1. The summed E-state index contributed by atoms with van der Waals surface area (Å²) in [4.78, 5) is 11.2. The van der Waals surface area contributed by atoms with Gasteiger partial charge in [0.25, 0.3) is 0 Å². The number of nitrogens with one attached hydrogen (secondary N) is 2. The van der Waals surface area contributed by atoms with Crippen molar-refractivity contribution in [1.29, 1.82) is 0 Å². The number of hydrogen-bond donors (Lipinski definition) is 2. The smallest absolute Gasteiger partial charge is 0.241 e. The van der Waals surface area contributed by atoms with E-state index in [1.54, 1.807) is 25.5 Å². The van der Waals surface area contributed by atoms with Crippen LogP contribution in [0.4, 0.5) is 10.1 Å². The van der Waals surface area contributed by atoms with Crippen molar-refractivity contribution >= 4 is 27.5 Å². The van der Waals surface area contributed by atoms with Crippen LogP contribution in [0.2, 0.25) is 0 Å². The molecule has 0 fully saturated rings. The second-order valence-electron chi connectivity index (χ2n) is 4.19. The number of likely N-dealkylation sites (N-methyl/N-ethyl adjacent to an activating group) is 1. The van der Waals surface area contributed by atoms with Crippen LogP contribution in [0.15, 0.2) is 35.1 Å². The molecular formula is C13H14BrFN4O. The molecule has 1 heterocycles. The molecule has 7 heteroatoms. The second kappa shape index (κ2) is 6.51. The number of hydrogen-bond acceptors (Lipinski definition) is 3. The van der Waals surface area contributed by atoms with Crippen LogP contribution in [-0.2, 0) is 17.9 Å². The Kier molecular flexibility index (Phi) is 4.73. The lowest BCUT2D eigenvalue weighted by atomic mass is 10.2. The molecule has 0 saturated carbocycles. The van der Waals surface area contributed by atoms with Crippen molar-refractivity contribution in [1.82, 2.24) is 15.1 Å². The zero-order valence-corrected chi connectivity index (χ0v) is 12.4. The van der Waals surface area contributed by atoms with Gasteiger partial charge in [0.15, 0.2) is 0 Å². The van der Waals surface area contributed by atoms with Crippen molar-refractivity contribution in [2.45, 2.75) is 13.1 Å². The first-order chi connectivity index (χ1) is 9.58. The second-order valence-corrected chi connectivity index (χ2v) is 5.04. The van der Waals surface area contributed by atoms with E-state index in [0.717, 1.165) is 15.7 Å². The summed E-state index contributed by atoms with van der Waals surface area (Å²) in [6.45, 7) is 0.631. The van der Waals surface area contributed by atoms with Gasteiger partial charge in [-0.05, 0) is 23.8 Å². The van der Waals surface area contributed by atoms with E-state index in [-0.39, 0.29) is 18.3 Å². The lowest BCUT2D eigenvalue weighted by Crippen LogP contribution is -2.23. The van der Waals surface area contributed by atoms with Gasteiger partial charge in [0.2, 0.25) is 5.91 Å². The summed E-state index contributed by atoms with van der Waals surface area (Å²) in [6.07, 6.45) is 3.35. The summed E-state index contributed by atoms with van der Waals surface area (Å²) >= 11 is 3.37. The van der Waals surface area contributed by atoms with E-state index in [0.29, 0.717) is 6.54 Å². The number of carbonyl (C=O) groups excluding carboxylic acids is 1. The highest BCUT2D eigenvalue weighted by atomic mass is 79.9. The third kappa shape index (κ3) is 3.80. The normalized spacial score (nSPS) is 10.3. The largest absolute Gasteiger partial charge is 0.378 e. The molecule has 20 heavy (non-hydrogen) atoms. The van der Waals surface area contributed by atoms with Crippen molar-refractivity contribution < 1.29 is 9.18 Å². The molecule has 1 aromatic heterocycles. The predicted molar refractivity (Wildman–Crippen MR) is 77.7 cm³/mol. The van der Waals surface area contributed by atoms with Gasteiger partial charge in [-0.2, -0.15) is 5.10 Å². The minimum Gasteiger partial charge on any atom is -0.378 e. The average Bonchev–Trinajstić information content (AvgIpc) is 2.87.